The number of aromatic nitrogens is 6. The Morgan fingerprint density at radius 2 is 1.88 bits per heavy atom. The molecular weight excluding hydrogens is 414 g/mol. The molecule has 1 aliphatic carbocycles. The number of hydrogen-bond acceptors (Lipinski definition) is 6. The molecule has 0 saturated carbocycles. The van der Waals surface area contributed by atoms with Gasteiger partial charge in [-0.2, -0.15) is 15.3 Å². The fourth-order valence-corrected chi connectivity index (χ4v) is 3.97. The minimum atomic E-state index is -0.139. The number of nitrogens with one attached hydrogen (secondary N) is 2. The highest BCUT2D eigenvalue weighted by atomic mass is 16.1. The topological polar surface area (TPSA) is 109 Å². The van der Waals surface area contributed by atoms with Gasteiger partial charge in [-0.3, -0.25) is 9.89 Å². The number of carbonyl (C=O) groups excluding carboxylic acids is 1. The standard InChI is InChI=1S/C25H17N7O/c33-25(30-21-5-8-27-28-14-21)19-9-15-1-2-16(10-18(15)12-19)22-6-7-26-24(31-22)17-3-4-23-20(11-17)13-29-32-23/h1-11,13-14H,12H2,(H,29,32)(H,27,30,33). The van der Waals surface area contributed by atoms with E-state index in [0.717, 1.165) is 38.9 Å². The van der Waals surface area contributed by atoms with Crippen molar-refractivity contribution in [1.82, 2.24) is 30.4 Å². The first-order valence-electron chi connectivity index (χ1n) is 10.4. The number of hydrogen-bond donors (Lipinski definition) is 2. The van der Waals surface area contributed by atoms with Gasteiger partial charge in [0, 0.05) is 34.7 Å². The summed E-state index contributed by atoms with van der Waals surface area (Å²) in [4.78, 5) is 21.9. The van der Waals surface area contributed by atoms with Gasteiger partial charge in [0.1, 0.15) is 0 Å². The van der Waals surface area contributed by atoms with E-state index in [0.29, 0.717) is 23.5 Å². The number of nitrogens with zero attached hydrogens (tertiary/aromatic N) is 5. The van der Waals surface area contributed by atoms with Crippen LogP contribution in [-0.4, -0.2) is 36.3 Å². The average molecular weight is 431 g/mol. The molecule has 0 atom stereocenters. The Hall–Kier alpha value is -4.72. The third-order valence-electron chi connectivity index (χ3n) is 5.64. The molecule has 3 heterocycles. The molecular formula is C25H17N7O. The van der Waals surface area contributed by atoms with E-state index in [9.17, 15) is 4.79 Å². The zero-order valence-electron chi connectivity index (χ0n) is 17.4. The predicted octanol–water partition coefficient (Wildman–Crippen LogP) is 4.06. The summed E-state index contributed by atoms with van der Waals surface area (Å²) >= 11 is 0. The van der Waals surface area contributed by atoms with Gasteiger partial charge < -0.3 is 5.32 Å². The van der Waals surface area contributed by atoms with Crippen molar-refractivity contribution in [1.29, 1.82) is 0 Å². The van der Waals surface area contributed by atoms with Crippen LogP contribution in [0.5, 0.6) is 0 Å². The largest absolute Gasteiger partial charge is 0.321 e. The van der Waals surface area contributed by atoms with Crippen molar-refractivity contribution in [2.75, 3.05) is 5.32 Å². The highest BCUT2D eigenvalue weighted by Gasteiger charge is 2.20. The lowest BCUT2D eigenvalue weighted by Gasteiger charge is -2.07. The molecule has 8 nitrogen and oxygen atoms in total. The van der Waals surface area contributed by atoms with E-state index in [4.69, 9.17) is 4.98 Å². The van der Waals surface area contributed by atoms with Crippen molar-refractivity contribution >= 4 is 28.6 Å². The second kappa shape index (κ2) is 7.76. The summed E-state index contributed by atoms with van der Waals surface area (Å²) in [5.41, 5.74) is 7.16. The lowest BCUT2D eigenvalue weighted by atomic mass is 10.0. The molecule has 2 N–H and O–H groups in total. The summed E-state index contributed by atoms with van der Waals surface area (Å²) in [6, 6.07) is 15.7. The molecule has 1 amide bonds. The van der Waals surface area contributed by atoms with Crippen LogP contribution in [0.3, 0.4) is 0 Å². The molecule has 1 aliphatic rings. The van der Waals surface area contributed by atoms with Gasteiger partial charge in [0.2, 0.25) is 0 Å². The van der Waals surface area contributed by atoms with Gasteiger partial charge in [0.15, 0.2) is 5.82 Å². The van der Waals surface area contributed by atoms with E-state index in [1.165, 1.54) is 6.20 Å². The Balaban J connectivity index is 1.25. The molecule has 0 aliphatic heterocycles. The molecule has 6 rings (SSSR count). The normalized spacial score (nSPS) is 12.4. The predicted molar refractivity (Wildman–Crippen MR) is 125 cm³/mol. The third kappa shape index (κ3) is 3.63. The summed E-state index contributed by atoms with van der Waals surface area (Å²) in [6.45, 7) is 0. The Bertz CT molecular complexity index is 1540. The zero-order valence-corrected chi connectivity index (χ0v) is 17.4. The number of benzene rings is 2. The molecule has 2 aromatic carbocycles. The number of carbonyl (C=O) groups is 1. The maximum Gasteiger partial charge on any atom is 0.251 e. The van der Waals surface area contributed by atoms with Crippen LogP contribution in [0.1, 0.15) is 11.1 Å². The number of anilines is 1. The summed E-state index contributed by atoms with van der Waals surface area (Å²) < 4.78 is 0. The Labute approximate surface area is 188 Å². The van der Waals surface area contributed by atoms with Gasteiger partial charge in [0.25, 0.3) is 5.91 Å². The van der Waals surface area contributed by atoms with Crippen molar-refractivity contribution in [3.63, 3.8) is 0 Å². The molecule has 0 saturated heterocycles. The molecule has 8 heteroatoms. The van der Waals surface area contributed by atoms with Crippen LogP contribution in [-0.2, 0) is 11.2 Å². The fraction of sp³-hybridized carbons (Fsp3) is 0.0400. The molecule has 0 spiro atoms. The van der Waals surface area contributed by atoms with E-state index >= 15 is 0 Å². The Kier molecular flexibility index (Phi) is 4.47. The SMILES string of the molecule is O=C(Nc1ccnnc1)C1=Cc2ccc(-c3ccnc(-c4ccc5[nH]ncc5c4)n3)cc2C1. The number of rotatable bonds is 4. The summed E-state index contributed by atoms with van der Waals surface area (Å²) in [5, 5.41) is 18.4. The molecule has 0 bridgehead atoms. The maximum atomic E-state index is 12.7. The second-order valence-corrected chi connectivity index (χ2v) is 7.78. The monoisotopic (exact) mass is 431 g/mol. The highest BCUT2D eigenvalue weighted by molar-refractivity contribution is 6.08. The average Bonchev–Trinajstić information content (AvgIpc) is 3.51. The van der Waals surface area contributed by atoms with Crippen molar-refractivity contribution in [3.05, 3.63) is 90.0 Å². The van der Waals surface area contributed by atoms with Crippen molar-refractivity contribution < 1.29 is 4.79 Å². The molecule has 0 fully saturated rings. The molecule has 33 heavy (non-hydrogen) atoms. The van der Waals surface area contributed by atoms with E-state index < -0.39 is 0 Å². The van der Waals surface area contributed by atoms with E-state index in [1.807, 2.05) is 42.5 Å². The summed E-state index contributed by atoms with van der Waals surface area (Å²) in [6.07, 6.45) is 9.11. The first-order chi connectivity index (χ1) is 16.2. The van der Waals surface area contributed by atoms with Gasteiger partial charge in [-0.1, -0.05) is 12.1 Å². The van der Waals surface area contributed by atoms with Crippen LogP contribution in [0.15, 0.2) is 78.9 Å². The van der Waals surface area contributed by atoms with Crippen molar-refractivity contribution in [2.24, 2.45) is 0 Å². The van der Waals surface area contributed by atoms with Crippen LogP contribution in [0.2, 0.25) is 0 Å². The zero-order chi connectivity index (χ0) is 22.2. The van der Waals surface area contributed by atoms with Crippen LogP contribution in [0, 0.1) is 0 Å². The number of H-pyrrole nitrogens is 1. The Morgan fingerprint density at radius 3 is 2.79 bits per heavy atom. The first kappa shape index (κ1) is 19.0. The van der Waals surface area contributed by atoms with Gasteiger partial charge in [-0.15, -0.1) is 0 Å². The smallest absolute Gasteiger partial charge is 0.251 e. The number of fused-ring (bicyclic) bond motifs is 2. The quantitative estimate of drug-likeness (QED) is 0.444. The van der Waals surface area contributed by atoms with Crippen LogP contribution in [0.4, 0.5) is 5.69 Å². The fourth-order valence-electron chi connectivity index (χ4n) is 3.97. The lowest BCUT2D eigenvalue weighted by Crippen LogP contribution is -2.14. The number of amides is 1. The van der Waals surface area contributed by atoms with Crippen LogP contribution < -0.4 is 5.32 Å². The molecule has 0 radical (unpaired) electrons. The van der Waals surface area contributed by atoms with Gasteiger partial charge in [0.05, 0.1) is 35.5 Å². The van der Waals surface area contributed by atoms with E-state index in [1.54, 1.807) is 24.7 Å². The van der Waals surface area contributed by atoms with Crippen LogP contribution in [0.25, 0.3) is 39.6 Å². The maximum absolute atomic E-state index is 12.7. The van der Waals surface area contributed by atoms with Crippen molar-refractivity contribution in [2.45, 2.75) is 6.42 Å². The third-order valence-corrected chi connectivity index (χ3v) is 5.64. The van der Waals surface area contributed by atoms with Gasteiger partial charge in [-0.25, -0.2) is 9.97 Å². The van der Waals surface area contributed by atoms with Crippen LogP contribution >= 0.6 is 0 Å². The molecule has 5 aromatic rings. The second-order valence-electron chi connectivity index (χ2n) is 7.78. The molecule has 3 aromatic heterocycles. The number of aromatic amines is 1. The minimum Gasteiger partial charge on any atom is -0.321 e. The first-order valence-corrected chi connectivity index (χ1v) is 10.4. The summed E-state index contributed by atoms with van der Waals surface area (Å²) in [5.74, 6) is 0.514. The molecule has 0 unspecified atom stereocenters. The van der Waals surface area contributed by atoms with Gasteiger partial charge in [-0.05, 0) is 53.6 Å². The summed E-state index contributed by atoms with van der Waals surface area (Å²) in [7, 11) is 0. The highest BCUT2D eigenvalue weighted by Crippen LogP contribution is 2.30. The lowest BCUT2D eigenvalue weighted by molar-refractivity contribution is -0.112. The molecule has 158 valence electrons. The van der Waals surface area contributed by atoms with E-state index in [-0.39, 0.29) is 5.91 Å². The Morgan fingerprint density at radius 1 is 0.939 bits per heavy atom. The van der Waals surface area contributed by atoms with E-state index in [2.05, 4.69) is 36.8 Å². The van der Waals surface area contributed by atoms with Gasteiger partial charge >= 0.3 is 0 Å². The van der Waals surface area contributed by atoms with Crippen molar-refractivity contribution in [3.8, 4) is 22.6 Å². The minimum absolute atomic E-state index is 0.139.